The fraction of sp³-hybridized carbons (Fsp3) is 0.833. The van der Waals surface area contributed by atoms with Gasteiger partial charge < -0.3 is 0 Å². The van der Waals surface area contributed by atoms with E-state index >= 15 is 0 Å². The van der Waals surface area contributed by atoms with Gasteiger partial charge in [-0.25, -0.2) is 0 Å². The quantitative estimate of drug-likeness (QED) is 0.490. The van der Waals surface area contributed by atoms with E-state index in [0.29, 0.717) is 5.92 Å². The van der Waals surface area contributed by atoms with Crippen molar-refractivity contribution in [2.45, 2.75) is 25.6 Å². The van der Waals surface area contributed by atoms with Gasteiger partial charge in [0.25, 0.3) is 0 Å². The van der Waals surface area contributed by atoms with Gasteiger partial charge in [0, 0.05) is 5.38 Å². The highest BCUT2D eigenvalue weighted by atomic mass is 35.5. The molecule has 0 heterocycles. The maximum Gasteiger partial charge on any atom is 0.0310 e. The molecule has 7 heavy (non-hydrogen) atoms. The van der Waals surface area contributed by atoms with Crippen LogP contribution in [0.2, 0.25) is 0 Å². The van der Waals surface area contributed by atoms with E-state index in [1.165, 1.54) is 0 Å². The van der Waals surface area contributed by atoms with Crippen LogP contribution in [0, 0.1) is 12.8 Å². The molecule has 0 aromatic carbocycles. The Morgan fingerprint density at radius 3 is 2.00 bits per heavy atom. The number of rotatable bonds is 2. The molecule has 1 heteroatoms. The molecule has 2 atom stereocenters. The minimum absolute atomic E-state index is 0.285. The standard InChI is InChI=1S/C6H12Cl/c1-5(2)4-6(3)7/h5-6H,1,4H2,2-3H3. The van der Waals surface area contributed by atoms with E-state index < -0.39 is 0 Å². The molecule has 0 rings (SSSR count). The van der Waals surface area contributed by atoms with E-state index in [1.807, 2.05) is 6.92 Å². The van der Waals surface area contributed by atoms with Gasteiger partial charge in [-0.1, -0.05) is 13.8 Å². The lowest BCUT2D eigenvalue weighted by atomic mass is 10.1. The van der Waals surface area contributed by atoms with Crippen LogP contribution in [0.25, 0.3) is 0 Å². The first-order valence-corrected chi connectivity index (χ1v) is 3.03. The summed E-state index contributed by atoms with van der Waals surface area (Å²) in [7, 11) is 0. The van der Waals surface area contributed by atoms with E-state index in [-0.39, 0.29) is 5.38 Å². The normalized spacial score (nSPS) is 15.0. The predicted octanol–water partition coefficient (Wildman–Crippen LogP) is 2.47. The van der Waals surface area contributed by atoms with Crippen molar-refractivity contribution < 1.29 is 0 Å². The lowest BCUT2D eigenvalue weighted by molar-refractivity contribution is 0.636. The van der Waals surface area contributed by atoms with Gasteiger partial charge in [0.2, 0.25) is 0 Å². The summed E-state index contributed by atoms with van der Waals surface area (Å²) in [6.45, 7) is 7.85. The summed E-state index contributed by atoms with van der Waals surface area (Å²) in [5, 5.41) is 0.285. The van der Waals surface area contributed by atoms with Crippen molar-refractivity contribution in [3.63, 3.8) is 0 Å². The van der Waals surface area contributed by atoms with E-state index in [9.17, 15) is 0 Å². The second-order valence-electron chi connectivity index (χ2n) is 2.12. The Labute approximate surface area is 50.9 Å². The zero-order valence-electron chi connectivity index (χ0n) is 4.95. The number of hydrogen-bond donors (Lipinski definition) is 0. The van der Waals surface area contributed by atoms with Crippen molar-refractivity contribution in [1.29, 1.82) is 0 Å². The lowest BCUT2D eigenvalue weighted by Crippen LogP contribution is -1.96. The summed E-state index contributed by atoms with van der Waals surface area (Å²) < 4.78 is 0. The molecular weight excluding hydrogens is 108 g/mol. The van der Waals surface area contributed by atoms with E-state index in [2.05, 4.69) is 13.8 Å². The second-order valence-corrected chi connectivity index (χ2v) is 2.87. The Bertz CT molecular complexity index is 33.4. The van der Waals surface area contributed by atoms with Crippen LogP contribution in [0.1, 0.15) is 20.3 Å². The summed E-state index contributed by atoms with van der Waals surface area (Å²) in [6.07, 6.45) is 1.02. The summed E-state index contributed by atoms with van der Waals surface area (Å²) in [6, 6.07) is 0. The van der Waals surface area contributed by atoms with Crippen molar-refractivity contribution in [1.82, 2.24) is 0 Å². The van der Waals surface area contributed by atoms with Crippen molar-refractivity contribution in [2.24, 2.45) is 5.92 Å². The minimum atomic E-state index is 0.285. The largest absolute Gasteiger partial charge is 0.123 e. The van der Waals surface area contributed by atoms with Crippen LogP contribution in [0.15, 0.2) is 0 Å². The number of hydrogen-bond acceptors (Lipinski definition) is 0. The van der Waals surface area contributed by atoms with E-state index in [0.717, 1.165) is 6.42 Å². The molecule has 0 saturated carbocycles. The highest BCUT2D eigenvalue weighted by Crippen LogP contribution is 2.07. The first-order chi connectivity index (χ1) is 3.13. The van der Waals surface area contributed by atoms with Crippen LogP contribution in [-0.4, -0.2) is 5.38 Å². The topological polar surface area (TPSA) is 0 Å². The lowest BCUT2D eigenvalue weighted by Gasteiger charge is -2.03. The summed E-state index contributed by atoms with van der Waals surface area (Å²) in [5.74, 6) is 0.493. The Balaban J connectivity index is 2.95. The first-order valence-electron chi connectivity index (χ1n) is 2.60. The van der Waals surface area contributed by atoms with Gasteiger partial charge in [-0.15, -0.1) is 11.6 Å². The van der Waals surface area contributed by atoms with E-state index in [4.69, 9.17) is 11.6 Å². The highest BCUT2D eigenvalue weighted by molar-refractivity contribution is 6.20. The fourth-order valence-corrected chi connectivity index (χ4v) is 0.859. The molecule has 0 bridgehead atoms. The third kappa shape index (κ3) is 6.29. The van der Waals surface area contributed by atoms with Crippen molar-refractivity contribution >= 4 is 11.6 Å². The predicted molar refractivity (Wildman–Crippen MR) is 34.5 cm³/mol. The van der Waals surface area contributed by atoms with Gasteiger partial charge in [0.05, 0.1) is 0 Å². The summed E-state index contributed by atoms with van der Waals surface area (Å²) >= 11 is 5.63. The van der Waals surface area contributed by atoms with Gasteiger partial charge in [0.15, 0.2) is 0 Å². The molecular formula is C6H12Cl. The molecule has 1 radical (unpaired) electrons. The number of alkyl halides is 1. The third-order valence-corrected chi connectivity index (χ3v) is 0.905. The minimum Gasteiger partial charge on any atom is -0.123 e. The van der Waals surface area contributed by atoms with Crippen LogP contribution >= 0.6 is 11.6 Å². The third-order valence-electron chi connectivity index (χ3n) is 0.727. The summed E-state index contributed by atoms with van der Waals surface area (Å²) in [5.41, 5.74) is 0. The van der Waals surface area contributed by atoms with Gasteiger partial charge in [0.1, 0.15) is 0 Å². The van der Waals surface area contributed by atoms with E-state index in [1.54, 1.807) is 0 Å². The van der Waals surface area contributed by atoms with Crippen LogP contribution in [0.3, 0.4) is 0 Å². The Morgan fingerprint density at radius 2 is 2.00 bits per heavy atom. The molecule has 0 aromatic heterocycles. The van der Waals surface area contributed by atoms with Crippen LogP contribution in [-0.2, 0) is 0 Å². The number of halogens is 1. The molecule has 0 amide bonds. The molecule has 0 N–H and O–H groups in total. The van der Waals surface area contributed by atoms with Crippen molar-refractivity contribution in [2.75, 3.05) is 0 Å². The molecule has 0 nitrogen and oxygen atoms in total. The average Bonchev–Trinajstić information content (AvgIpc) is 1.27. The molecule has 0 saturated heterocycles. The van der Waals surface area contributed by atoms with Crippen LogP contribution < -0.4 is 0 Å². The second kappa shape index (κ2) is 3.31. The Kier molecular flexibility index (Phi) is 3.45. The Morgan fingerprint density at radius 1 is 1.57 bits per heavy atom. The van der Waals surface area contributed by atoms with Crippen molar-refractivity contribution in [3.05, 3.63) is 6.92 Å². The van der Waals surface area contributed by atoms with Gasteiger partial charge in [-0.3, -0.25) is 0 Å². The molecule has 0 aliphatic heterocycles. The molecule has 2 unspecified atom stereocenters. The molecule has 0 aromatic rings. The molecule has 0 aliphatic carbocycles. The fourth-order valence-electron chi connectivity index (χ4n) is 0.554. The van der Waals surface area contributed by atoms with Crippen LogP contribution in [0.4, 0.5) is 0 Å². The van der Waals surface area contributed by atoms with Crippen LogP contribution in [0.5, 0.6) is 0 Å². The van der Waals surface area contributed by atoms with Crippen molar-refractivity contribution in [3.8, 4) is 0 Å². The highest BCUT2D eigenvalue weighted by Gasteiger charge is 1.97. The SMILES string of the molecule is [CH2]C(C)CC(C)Cl. The zero-order valence-corrected chi connectivity index (χ0v) is 5.70. The average molecular weight is 120 g/mol. The molecule has 0 aliphatic rings. The Hall–Kier alpha value is 0.290. The first kappa shape index (κ1) is 7.29. The van der Waals surface area contributed by atoms with Gasteiger partial charge in [-0.05, 0) is 19.3 Å². The van der Waals surface area contributed by atoms with Gasteiger partial charge >= 0.3 is 0 Å². The summed E-state index contributed by atoms with van der Waals surface area (Å²) in [4.78, 5) is 0. The maximum atomic E-state index is 5.63. The van der Waals surface area contributed by atoms with Gasteiger partial charge in [-0.2, -0.15) is 0 Å². The molecule has 0 spiro atoms. The molecule has 0 fully saturated rings. The molecule has 43 valence electrons. The maximum absolute atomic E-state index is 5.63. The smallest absolute Gasteiger partial charge is 0.0310 e. The zero-order chi connectivity index (χ0) is 5.86. The monoisotopic (exact) mass is 119 g/mol.